The van der Waals surface area contributed by atoms with Gasteiger partial charge in [-0.25, -0.2) is 4.79 Å². The van der Waals surface area contributed by atoms with E-state index in [0.29, 0.717) is 24.3 Å². The molecule has 0 aliphatic carbocycles. The Bertz CT molecular complexity index is 1210. The van der Waals surface area contributed by atoms with Crippen molar-refractivity contribution in [2.75, 3.05) is 13.2 Å². The van der Waals surface area contributed by atoms with E-state index in [2.05, 4.69) is 10.2 Å². The smallest absolute Gasteiger partial charge is 0.362 e. The van der Waals surface area contributed by atoms with Gasteiger partial charge in [0.2, 0.25) is 0 Å². The van der Waals surface area contributed by atoms with Gasteiger partial charge < -0.3 is 14.7 Å². The molecule has 1 N–H and O–H groups in total. The SMILES string of the molecule is O=C(N1CCCCC1COc1ccccc1)n1ncc(C(O)(c2ccccc2)c2ccccc2)n1. The molecule has 1 unspecified atom stereocenters. The lowest BCUT2D eigenvalue weighted by Crippen LogP contribution is -2.49. The minimum atomic E-state index is -1.54. The zero-order valence-corrected chi connectivity index (χ0v) is 19.4. The Balaban J connectivity index is 1.41. The van der Waals surface area contributed by atoms with Crippen LogP contribution in [0.25, 0.3) is 0 Å². The van der Waals surface area contributed by atoms with Gasteiger partial charge in [-0.2, -0.15) is 5.10 Å². The van der Waals surface area contributed by atoms with Crippen LogP contribution in [0, 0.1) is 0 Å². The summed E-state index contributed by atoms with van der Waals surface area (Å²) in [5.41, 5.74) is 0.0478. The quantitative estimate of drug-likeness (QED) is 0.452. The molecule has 0 spiro atoms. The highest BCUT2D eigenvalue weighted by molar-refractivity contribution is 5.75. The second-order valence-electron chi connectivity index (χ2n) is 8.71. The minimum absolute atomic E-state index is 0.0759. The molecule has 4 aromatic rings. The largest absolute Gasteiger partial charge is 0.491 e. The van der Waals surface area contributed by atoms with Crippen LogP contribution in [0.5, 0.6) is 5.75 Å². The highest BCUT2D eigenvalue weighted by Crippen LogP contribution is 2.35. The lowest BCUT2D eigenvalue weighted by Gasteiger charge is -2.34. The number of aromatic nitrogens is 3. The topological polar surface area (TPSA) is 80.5 Å². The molecule has 1 aromatic heterocycles. The first-order chi connectivity index (χ1) is 17.2. The number of hydrogen-bond donors (Lipinski definition) is 1. The van der Waals surface area contributed by atoms with Crippen molar-refractivity contribution < 1.29 is 14.6 Å². The molecule has 5 rings (SSSR count). The molecule has 3 aromatic carbocycles. The highest BCUT2D eigenvalue weighted by atomic mass is 16.5. The van der Waals surface area contributed by atoms with Crippen molar-refractivity contribution in [3.8, 4) is 5.75 Å². The number of ether oxygens (including phenoxy) is 1. The third-order valence-electron chi connectivity index (χ3n) is 6.48. The Morgan fingerprint density at radius 1 is 0.914 bits per heavy atom. The molecule has 0 radical (unpaired) electrons. The van der Waals surface area contributed by atoms with Crippen LogP contribution in [0.1, 0.15) is 36.1 Å². The van der Waals surface area contributed by atoms with Crippen LogP contribution in [0.4, 0.5) is 4.79 Å². The second-order valence-corrected chi connectivity index (χ2v) is 8.71. The van der Waals surface area contributed by atoms with Gasteiger partial charge in [0, 0.05) is 6.54 Å². The Morgan fingerprint density at radius 3 is 2.14 bits per heavy atom. The average Bonchev–Trinajstić information content (AvgIpc) is 3.44. The van der Waals surface area contributed by atoms with Crippen molar-refractivity contribution in [3.05, 3.63) is 114 Å². The minimum Gasteiger partial charge on any atom is -0.491 e. The maximum atomic E-state index is 13.5. The first kappa shape index (κ1) is 22.8. The molecule has 1 aliphatic rings. The van der Waals surface area contributed by atoms with Crippen molar-refractivity contribution in [1.82, 2.24) is 19.9 Å². The van der Waals surface area contributed by atoms with Crippen molar-refractivity contribution >= 4 is 6.03 Å². The molecule has 35 heavy (non-hydrogen) atoms. The molecule has 0 saturated carbocycles. The maximum Gasteiger partial charge on any atom is 0.362 e. The number of rotatable bonds is 6. The van der Waals surface area contributed by atoms with Gasteiger partial charge in [0.25, 0.3) is 0 Å². The Hall–Kier alpha value is -3.97. The van der Waals surface area contributed by atoms with E-state index < -0.39 is 5.60 Å². The van der Waals surface area contributed by atoms with Crippen LogP contribution >= 0.6 is 0 Å². The number of para-hydroxylation sites is 1. The number of amides is 1. The predicted octanol–water partition coefficient (Wildman–Crippen LogP) is 4.46. The molecule has 1 aliphatic heterocycles. The van der Waals surface area contributed by atoms with E-state index in [9.17, 15) is 9.90 Å². The average molecular weight is 469 g/mol. The fourth-order valence-electron chi connectivity index (χ4n) is 4.59. The third-order valence-corrected chi connectivity index (χ3v) is 6.48. The second kappa shape index (κ2) is 10.1. The Labute approximate surface area is 204 Å². The van der Waals surface area contributed by atoms with Crippen molar-refractivity contribution in [1.29, 1.82) is 0 Å². The summed E-state index contributed by atoms with van der Waals surface area (Å²) in [4.78, 5) is 16.3. The number of aliphatic hydroxyl groups is 1. The lowest BCUT2D eigenvalue weighted by molar-refractivity contribution is 0.110. The van der Waals surface area contributed by atoms with Crippen molar-refractivity contribution in [2.45, 2.75) is 30.9 Å². The van der Waals surface area contributed by atoms with Gasteiger partial charge in [-0.3, -0.25) is 0 Å². The fourth-order valence-corrected chi connectivity index (χ4v) is 4.59. The highest BCUT2D eigenvalue weighted by Gasteiger charge is 2.38. The summed E-state index contributed by atoms with van der Waals surface area (Å²) in [6.45, 7) is 1.02. The van der Waals surface area contributed by atoms with Gasteiger partial charge in [-0.15, -0.1) is 5.10 Å². The predicted molar refractivity (Wildman–Crippen MR) is 132 cm³/mol. The number of carbonyl (C=O) groups excluding carboxylic acids is 1. The van der Waals surface area contributed by atoms with E-state index in [1.54, 1.807) is 4.90 Å². The van der Waals surface area contributed by atoms with Crippen molar-refractivity contribution in [2.24, 2.45) is 0 Å². The van der Waals surface area contributed by atoms with Crippen LogP contribution in [0.2, 0.25) is 0 Å². The van der Waals surface area contributed by atoms with E-state index in [1.807, 2.05) is 91.0 Å². The molecule has 7 heteroatoms. The fraction of sp³-hybridized carbons (Fsp3) is 0.250. The molecule has 2 heterocycles. The molecule has 178 valence electrons. The molecule has 1 fully saturated rings. The van der Waals surface area contributed by atoms with E-state index in [-0.39, 0.29) is 17.8 Å². The standard InChI is InChI=1S/C28H28N4O3/c33-27(31-19-11-10-16-24(31)21-35-25-17-8-3-9-18-25)32-29-20-26(30-32)28(34,22-12-4-1-5-13-22)23-14-6-2-7-15-23/h1-9,12-15,17-18,20,24,34H,10-11,16,19,21H2. The van der Waals surface area contributed by atoms with Crippen LogP contribution in [0.3, 0.4) is 0 Å². The molecule has 1 atom stereocenters. The number of likely N-dealkylation sites (tertiary alicyclic amines) is 1. The van der Waals surface area contributed by atoms with Gasteiger partial charge in [-0.1, -0.05) is 83.7 Å². The molecule has 0 bridgehead atoms. The summed E-state index contributed by atoms with van der Waals surface area (Å²) in [7, 11) is 0. The monoisotopic (exact) mass is 468 g/mol. The summed E-state index contributed by atoms with van der Waals surface area (Å²) in [6, 6.07) is 27.8. The van der Waals surface area contributed by atoms with Gasteiger partial charge >= 0.3 is 6.03 Å². The Morgan fingerprint density at radius 2 is 1.51 bits per heavy atom. The van der Waals surface area contributed by atoms with Gasteiger partial charge in [0.15, 0.2) is 5.60 Å². The molecular weight excluding hydrogens is 440 g/mol. The van der Waals surface area contributed by atoms with Crippen LogP contribution in [-0.4, -0.2) is 50.2 Å². The van der Waals surface area contributed by atoms with Gasteiger partial charge in [0.05, 0.1) is 12.2 Å². The molecule has 1 amide bonds. The molecule has 7 nitrogen and oxygen atoms in total. The van der Waals surface area contributed by atoms with E-state index >= 15 is 0 Å². The van der Waals surface area contributed by atoms with E-state index in [0.717, 1.165) is 29.8 Å². The summed E-state index contributed by atoms with van der Waals surface area (Å²) in [6.07, 6.45) is 4.27. The Kier molecular flexibility index (Phi) is 6.59. The lowest BCUT2D eigenvalue weighted by atomic mass is 9.84. The zero-order chi connectivity index (χ0) is 24.1. The van der Waals surface area contributed by atoms with Crippen molar-refractivity contribution in [3.63, 3.8) is 0 Å². The molecular formula is C28H28N4O3. The number of hydrogen-bond acceptors (Lipinski definition) is 5. The first-order valence-corrected chi connectivity index (χ1v) is 11.9. The maximum absolute atomic E-state index is 13.5. The molecule has 1 saturated heterocycles. The van der Waals surface area contributed by atoms with Crippen LogP contribution in [-0.2, 0) is 5.60 Å². The van der Waals surface area contributed by atoms with Gasteiger partial charge in [0.1, 0.15) is 18.1 Å². The first-order valence-electron chi connectivity index (χ1n) is 11.9. The number of piperidine rings is 1. The summed E-state index contributed by atoms with van der Waals surface area (Å²) in [5.74, 6) is 0.778. The van der Waals surface area contributed by atoms with E-state index in [4.69, 9.17) is 4.74 Å². The summed E-state index contributed by atoms with van der Waals surface area (Å²) in [5, 5.41) is 20.7. The summed E-state index contributed by atoms with van der Waals surface area (Å²) < 4.78 is 5.95. The van der Waals surface area contributed by atoms with E-state index in [1.165, 1.54) is 6.20 Å². The number of nitrogens with zero attached hydrogens (tertiary/aromatic N) is 4. The third kappa shape index (κ3) is 4.68. The number of benzene rings is 3. The van der Waals surface area contributed by atoms with Crippen LogP contribution in [0.15, 0.2) is 97.2 Å². The number of carbonyl (C=O) groups is 1. The zero-order valence-electron chi connectivity index (χ0n) is 19.4. The summed E-state index contributed by atoms with van der Waals surface area (Å²) >= 11 is 0. The van der Waals surface area contributed by atoms with Crippen LogP contribution < -0.4 is 4.74 Å². The normalized spacial score (nSPS) is 16.1. The van der Waals surface area contributed by atoms with Gasteiger partial charge in [-0.05, 0) is 42.5 Å².